The minimum atomic E-state index is 0.477. The van der Waals surface area contributed by atoms with Gasteiger partial charge in [-0.05, 0) is 40.0 Å². The van der Waals surface area contributed by atoms with Gasteiger partial charge in [0.15, 0.2) is 5.65 Å². The van der Waals surface area contributed by atoms with E-state index in [1.165, 1.54) is 0 Å². The van der Waals surface area contributed by atoms with E-state index < -0.39 is 0 Å². The summed E-state index contributed by atoms with van der Waals surface area (Å²) in [5.41, 5.74) is 8.73. The molecule has 6 heteroatoms. The fourth-order valence-corrected chi connectivity index (χ4v) is 2.69. The smallest absolute Gasteiger partial charge is 0.202 e. The number of nitrogens with two attached hydrogens (primary N) is 1. The molecule has 0 fully saturated rings. The van der Waals surface area contributed by atoms with Gasteiger partial charge in [-0.2, -0.15) is 0 Å². The number of halogens is 1. The monoisotopic (exact) mass is 346 g/mol. The van der Waals surface area contributed by atoms with Crippen molar-refractivity contribution in [3.63, 3.8) is 0 Å². The summed E-state index contributed by atoms with van der Waals surface area (Å²) in [5, 5.41) is 0. The number of para-hydroxylation sites is 1. The Morgan fingerprint density at radius 1 is 1.33 bits per heavy atom. The van der Waals surface area contributed by atoms with Crippen molar-refractivity contribution < 1.29 is 4.74 Å². The standard InChI is InChI=1S/C15H15BrN4O/c1-21-13-5-3-2-4-10(13)6-7-20-14-12(19-15(20)17)8-11(16)9-18-14/h2-5,8-9H,6-7H2,1H3,(H2,17,19). The van der Waals surface area contributed by atoms with Crippen LogP contribution in [0.4, 0.5) is 5.95 Å². The number of benzene rings is 1. The van der Waals surface area contributed by atoms with Gasteiger partial charge < -0.3 is 10.5 Å². The van der Waals surface area contributed by atoms with Gasteiger partial charge in [-0.1, -0.05) is 18.2 Å². The summed E-state index contributed by atoms with van der Waals surface area (Å²) in [6, 6.07) is 9.89. The normalized spacial score (nSPS) is 11.0. The Labute approximate surface area is 130 Å². The number of rotatable bonds is 4. The molecule has 0 aliphatic heterocycles. The average molecular weight is 347 g/mol. The van der Waals surface area contributed by atoms with Gasteiger partial charge in [-0.3, -0.25) is 4.57 Å². The van der Waals surface area contributed by atoms with E-state index in [-0.39, 0.29) is 0 Å². The van der Waals surface area contributed by atoms with Crippen LogP contribution in [0.25, 0.3) is 11.2 Å². The second kappa shape index (κ2) is 5.73. The topological polar surface area (TPSA) is 66.0 Å². The van der Waals surface area contributed by atoms with Crippen molar-refractivity contribution in [3.05, 3.63) is 46.6 Å². The van der Waals surface area contributed by atoms with E-state index in [2.05, 4.69) is 32.0 Å². The number of pyridine rings is 1. The van der Waals surface area contributed by atoms with Crippen LogP contribution in [0.3, 0.4) is 0 Å². The van der Waals surface area contributed by atoms with Crippen molar-refractivity contribution in [1.82, 2.24) is 14.5 Å². The van der Waals surface area contributed by atoms with E-state index in [0.29, 0.717) is 12.5 Å². The van der Waals surface area contributed by atoms with Crippen LogP contribution in [0.2, 0.25) is 0 Å². The lowest BCUT2D eigenvalue weighted by atomic mass is 10.1. The number of hydrogen-bond acceptors (Lipinski definition) is 4. The van der Waals surface area contributed by atoms with E-state index in [1.807, 2.05) is 28.8 Å². The highest BCUT2D eigenvalue weighted by Crippen LogP contribution is 2.22. The highest BCUT2D eigenvalue weighted by molar-refractivity contribution is 9.10. The van der Waals surface area contributed by atoms with Crippen LogP contribution in [0, 0.1) is 0 Å². The molecule has 5 nitrogen and oxygen atoms in total. The SMILES string of the molecule is COc1ccccc1CCn1c(N)nc2cc(Br)cnc21. The van der Waals surface area contributed by atoms with Gasteiger partial charge in [-0.25, -0.2) is 9.97 Å². The molecule has 0 aliphatic carbocycles. The number of nitrogens with zero attached hydrogens (tertiary/aromatic N) is 3. The molecule has 3 aromatic rings. The Kier molecular flexibility index (Phi) is 3.79. The highest BCUT2D eigenvalue weighted by Gasteiger charge is 2.11. The number of methoxy groups -OCH3 is 1. The lowest BCUT2D eigenvalue weighted by Crippen LogP contribution is -2.07. The highest BCUT2D eigenvalue weighted by atomic mass is 79.9. The Balaban J connectivity index is 1.90. The minimum absolute atomic E-state index is 0.477. The molecular weight excluding hydrogens is 332 g/mol. The van der Waals surface area contributed by atoms with E-state index >= 15 is 0 Å². The molecule has 1 aromatic carbocycles. The molecule has 0 saturated carbocycles. The largest absolute Gasteiger partial charge is 0.496 e. The second-order valence-corrected chi connectivity index (χ2v) is 5.60. The number of imidazole rings is 1. The van der Waals surface area contributed by atoms with Crippen molar-refractivity contribution in [2.24, 2.45) is 0 Å². The van der Waals surface area contributed by atoms with Crippen molar-refractivity contribution >= 4 is 33.0 Å². The maximum atomic E-state index is 6.00. The van der Waals surface area contributed by atoms with Crippen LogP contribution in [0.1, 0.15) is 5.56 Å². The van der Waals surface area contributed by atoms with Crippen LogP contribution in [-0.4, -0.2) is 21.6 Å². The third-order valence-corrected chi connectivity index (χ3v) is 3.81. The number of ether oxygens (including phenoxy) is 1. The third-order valence-electron chi connectivity index (χ3n) is 3.38. The van der Waals surface area contributed by atoms with Gasteiger partial charge in [0.05, 0.1) is 7.11 Å². The Bertz CT molecular complexity index is 784. The first-order valence-electron chi connectivity index (χ1n) is 6.58. The average Bonchev–Trinajstić information content (AvgIpc) is 2.80. The number of nitrogen functional groups attached to an aromatic ring is 1. The number of aromatic nitrogens is 3. The van der Waals surface area contributed by atoms with E-state index in [9.17, 15) is 0 Å². The summed E-state index contributed by atoms with van der Waals surface area (Å²) in [5.74, 6) is 1.36. The molecule has 21 heavy (non-hydrogen) atoms. The van der Waals surface area contributed by atoms with Gasteiger partial charge in [-0.15, -0.1) is 0 Å². The van der Waals surface area contributed by atoms with Crippen LogP contribution in [-0.2, 0) is 13.0 Å². The molecule has 0 unspecified atom stereocenters. The van der Waals surface area contributed by atoms with Gasteiger partial charge in [0.1, 0.15) is 11.3 Å². The van der Waals surface area contributed by atoms with Crippen molar-refractivity contribution in [2.45, 2.75) is 13.0 Å². The number of hydrogen-bond donors (Lipinski definition) is 1. The van der Waals surface area contributed by atoms with Crippen molar-refractivity contribution in [2.75, 3.05) is 12.8 Å². The summed E-state index contributed by atoms with van der Waals surface area (Å²) < 4.78 is 8.19. The summed E-state index contributed by atoms with van der Waals surface area (Å²) in [6.07, 6.45) is 2.56. The van der Waals surface area contributed by atoms with Gasteiger partial charge >= 0.3 is 0 Å². The minimum Gasteiger partial charge on any atom is -0.496 e. The molecule has 2 heterocycles. The molecule has 0 aliphatic rings. The molecule has 0 radical (unpaired) electrons. The molecule has 0 atom stereocenters. The third kappa shape index (κ3) is 2.71. The maximum Gasteiger partial charge on any atom is 0.202 e. The van der Waals surface area contributed by atoms with Crippen LogP contribution >= 0.6 is 15.9 Å². The number of fused-ring (bicyclic) bond motifs is 1. The van der Waals surface area contributed by atoms with E-state index in [1.54, 1.807) is 13.3 Å². The van der Waals surface area contributed by atoms with Crippen molar-refractivity contribution in [3.8, 4) is 5.75 Å². The number of anilines is 1. The summed E-state index contributed by atoms with van der Waals surface area (Å²) >= 11 is 3.39. The second-order valence-electron chi connectivity index (χ2n) is 4.68. The number of aryl methyl sites for hydroxylation is 2. The van der Waals surface area contributed by atoms with Gasteiger partial charge in [0.2, 0.25) is 5.95 Å². The Morgan fingerprint density at radius 2 is 2.14 bits per heavy atom. The molecule has 0 amide bonds. The first kappa shape index (κ1) is 13.9. The summed E-state index contributed by atoms with van der Waals surface area (Å²) in [6.45, 7) is 0.706. The molecule has 108 valence electrons. The Hall–Kier alpha value is -2.08. The van der Waals surface area contributed by atoms with Crippen LogP contribution in [0.5, 0.6) is 5.75 Å². The quantitative estimate of drug-likeness (QED) is 0.788. The molecule has 0 saturated heterocycles. The zero-order valence-electron chi connectivity index (χ0n) is 11.6. The predicted octanol–water partition coefficient (Wildman–Crippen LogP) is 3.03. The van der Waals surface area contributed by atoms with E-state index in [0.717, 1.165) is 33.4 Å². The van der Waals surface area contributed by atoms with E-state index in [4.69, 9.17) is 10.5 Å². The molecule has 3 rings (SSSR count). The predicted molar refractivity (Wildman–Crippen MR) is 86.3 cm³/mol. The maximum absolute atomic E-state index is 6.00. The zero-order chi connectivity index (χ0) is 14.8. The summed E-state index contributed by atoms with van der Waals surface area (Å²) in [4.78, 5) is 8.74. The summed E-state index contributed by atoms with van der Waals surface area (Å²) in [7, 11) is 1.68. The molecule has 2 N–H and O–H groups in total. The van der Waals surface area contributed by atoms with Crippen molar-refractivity contribution in [1.29, 1.82) is 0 Å². The Morgan fingerprint density at radius 3 is 2.95 bits per heavy atom. The van der Waals surface area contributed by atoms with Gasteiger partial charge in [0, 0.05) is 17.2 Å². The molecule has 0 bridgehead atoms. The zero-order valence-corrected chi connectivity index (χ0v) is 13.2. The molecule has 0 spiro atoms. The molecular formula is C15H15BrN4O. The van der Waals surface area contributed by atoms with Gasteiger partial charge in [0.25, 0.3) is 0 Å². The fourth-order valence-electron chi connectivity index (χ4n) is 2.37. The lowest BCUT2D eigenvalue weighted by molar-refractivity contribution is 0.408. The first-order chi connectivity index (χ1) is 10.2. The first-order valence-corrected chi connectivity index (χ1v) is 7.37. The molecule has 2 aromatic heterocycles. The lowest BCUT2D eigenvalue weighted by Gasteiger charge is -2.09. The van der Waals surface area contributed by atoms with Crippen LogP contribution in [0.15, 0.2) is 41.0 Å². The van der Waals surface area contributed by atoms with Crippen LogP contribution < -0.4 is 10.5 Å². The fraction of sp³-hybridized carbons (Fsp3) is 0.200.